The molecule has 2 rings (SSSR count). The van der Waals surface area contributed by atoms with Crippen molar-refractivity contribution in [2.24, 2.45) is 0 Å². The molecule has 1 aromatic heterocycles. The highest BCUT2D eigenvalue weighted by molar-refractivity contribution is 5.93. The molecule has 3 N–H and O–H groups in total. The van der Waals surface area contributed by atoms with Gasteiger partial charge >= 0.3 is 18.0 Å². The third-order valence-corrected chi connectivity index (χ3v) is 2.87. The maximum Gasteiger partial charge on any atom is 0.437 e. The van der Waals surface area contributed by atoms with Gasteiger partial charge < -0.3 is 10.7 Å². The van der Waals surface area contributed by atoms with Crippen LogP contribution in [0.2, 0.25) is 0 Å². The van der Waals surface area contributed by atoms with Crippen molar-refractivity contribution in [3.05, 3.63) is 30.0 Å². The maximum absolute atomic E-state index is 13.9. The number of nitrogen functional groups attached to an aromatic ring is 1. The number of alkyl halides is 7. The van der Waals surface area contributed by atoms with Gasteiger partial charge in [-0.15, -0.1) is 0 Å². The number of nitrogens with one attached hydrogen (secondary N) is 1. The molecule has 0 saturated heterocycles. The van der Waals surface area contributed by atoms with E-state index in [0.29, 0.717) is 0 Å². The van der Waals surface area contributed by atoms with Gasteiger partial charge in [-0.25, -0.2) is 4.39 Å². The van der Waals surface area contributed by atoms with Crippen LogP contribution in [0.4, 0.5) is 36.4 Å². The summed E-state index contributed by atoms with van der Waals surface area (Å²) in [7, 11) is 0. The number of fused-ring (bicyclic) bond motifs is 1. The van der Waals surface area contributed by atoms with E-state index in [1.807, 2.05) is 0 Å². The Bertz CT molecular complexity index is 624. The first-order chi connectivity index (χ1) is 9.00. The van der Waals surface area contributed by atoms with Crippen molar-refractivity contribution in [2.75, 3.05) is 5.73 Å². The van der Waals surface area contributed by atoms with Crippen LogP contribution in [0.25, 0.3) is 10.9 Å². The number of para-hydroxylation sites is 1. The van der Waals surface area contributed by atoms with Crippen LogP contribution in [0.3, 0.4) is 0 Å². The van der Waals surface area contributed by atoms with Gasteiger partial charge in [0.1, 0.15) is 0 Å². The van der Waals surface area contributed by atoms with E-state index in [0.717, 1.165) is 0 Å². The Morgan fingerprint density at radius 3 is 1.80 bits per heavy atom. The molecule has 0 aliphatic heterocycles. The molecular weight excluding hydrogens is 293 g/mol. The summed E-state index contributed by atoms with van der Waals surface area (Å²) in [6.45, 7) is 0. The van der Waals surface area contributed by atoms with Gasteiger partial charge in [0.15, 0.2) is 0 Å². The molecule has 0 saturated carbocycles. The van der Waals surface area contributed by atoms with E-state index >= 15 is 0 Å². The molecule has 0 unspecified atom stereocenters. The highest BCUT2D eigenvalue weighted by Crippen LogP contribution is 2.55. The summed E-state index contributed by atoms with van der Waals surface area (Å²) in [5, 5.41) is -0.113. The third kappa shape index (κ3) is 1.80. The van der Waals surface area contributed by atoms with Crippen LogP contribution in [0.15, 0.2) is 24.3 Å². The molecule has 0 amide bonds. The lowest BCUT2D eigenvalue weighted by Crippen LogP contribution is -2.51. The predicted molar refractivity (Wildman–Crippen MR) is 57.6 cm³/mol. The van der Waals surface area contributed by atoms with Crippen molar-refractivity contribution in [3.8, 4) is 0 Å². The van der Waals surface area contributed by atoms with Crippen LogP contribution in [0.1, 0.15) is 5.69 Å². The normalized spacial score (nSPS) is 13.9. The van der Waals surface area contributed by atoms with Crippen LogP contribution in [0.5, 0.6) is 0 Å². The molecule has 20 heavy (non-hydrogen) atoms. The first-order valence-corrected chi connectivity index (χ1v) is 5.19. The van der Waals surface area contributed by atoms with E-state index in [2.05, 4.69) is 0 Å². The second-order valence-corrected chi connectivity index (χ2v) is 4.11. The van der Waals surface area contributed by atoms with Crippen molar-refractivity contribution in [3.63, 3.8) is 0 Å². The van der Waals surface area contributed by atoms with Crippen molar-refractivity contribution >= 4 is 16.6 Å². The Hall–Kier alpha value is -1.93. The number of aromatic nitrogens is 1. The quantitative estimate of drug-likeness (QED) is 0.767. The zero-order valence-electron chi connectivity index (χ0n) is 9.53. The standard InChI is InChI=1S/C11H7F7N2/c12-9(10(13,14)15,11(16,17)18)8-7(19)5-3-1-2-4-6(5)20-8/h1-4,20H,19H2. The monoisotopic (exact) mass is 300 g/mol. The molecule has 2 aromatic rings. The summed E-state index contributed by atoms with van der Waals surface area (Å²) in [5.41, 5.74) is -3.09. The number of hydrogen-bond donors (Lipinski definition) is 2. The number of H-pyrrole nitrogens is 1. The molecule has 0 atom stereocenters. The fourth-order valence-corrected chi connectivity index (χ4v) is 1.88. The molecule has 0 spiro atoms. The zero-order valence-corrected chi connectivity index (χ0v) is 9.53. The maximum atomic E-state index is 13.9. The molecule has 0 radical (unpaired) electrons. The van der Waals surface area contributed by atoms with Crippen molar-refractivity contribution in [1.29, 1.82) is 0 Å². The minimum atomic E-state index is -6.19. The predicted octanol–water partition coefficient (Wildman–Crippen LogP) is 4.04. The molecule has 1 aromatic carbocycles. The van der Waals surface area contributed by atoms with Gasteiger partial charge in [0.2, 0.25) is 0 Å². The highest BCUT2D eigenvalue weighted by Gasteiger charge is 2.75. The number of rotatable bonds is 1. The average Bonchev–Trinajstić information content (AvgIpc) is 2.64. The molecule has 0 fully saturated rings. The smallest absolute Gasteiger partial charge is 0.397 e. The first-order valence-electron chi connectivity index (χ1n) is 5.19. The SMILES string of the molecule is Nc1c(C(F)(C(F)(F)F)C(F)(F)F)[nH]c2ccccc12. The molecule has 1 heterocycles. The fourth-order valence-electron chi connectivity index (χ4n) is 1.88. The Labute approximate surface area is 107 Å². The van der Waals surface area contributed by atoms with Gasteiger partial charge in [0.25, 0.3) is 0 Å². The van der Waals surface area contributed by atoms with E-state index in [1.54, 1.807) is 4.98 Å². The van der Waals surface area contributed by atoms with Crippen LogP contribution in [-0.2, 0) is 5.67 Å². The molecule has 0 aliphatic rings. The molecule has 2 nitrogen and oxygen atoms in total. The van der Waals surface area contributed by atoms with Crippen LogP contribution in [-0.4, -0.2) is 17.3 Å². The van der Waals surface area contributed by atoms with E-state index in [9.17, 15) is 30.7 Å². The summed E-state index contributed by atoms with van der Waals surface area (Å²) in [4.78, 5) is 1.78. The Balaban J connectivity index is 2.80. The second-order valence-electron chi connectivity index (χ2n) is 4.11. The lowest BCUT2D eigenvalue weighted by Gasteiger charge is -2.29. The lowest BCUT2D eigenvalue weighted by molar-refractivity contribution is -0.349. The van der Waals surface area contributed by atoms with Crippen molar-refractivity contribution in [1.82, 2.24) is 4.98 Å². The largest absolute Gasteiger partial charge is 0.437 e. The van der Waals surface area contributed by atoms with E-state index in [1.165, 1.54) is 24.3 Å². The average molecular weight is 300 g/mol. The van der Waals surface area contributed by atoms with E-state index < -0.39 is 29.4 Å². The fraction of sp³-hybridized carbons (Fsp3) is 0.273. The van der Waals surface area contributed by atoms with Gasteiger partial charge in [-0.05, 0) is 6.07 Å². The van der Waals surface area contributed by atoms with E-state index in [4.69, 9.17) is 5.73 Å². The molecule has 110 valence electrons. The van der Waals surface area contributed by atoms with Crippen LogP contribution < -0.4 is 5.73 Å². The number of nitrogens with two attached hydrogens (primary N) is 1. The van der Waals surface area contributed by atoms with Gasteiger partial charge in [0.05, 0.1) is 11.4 Å². The highest BCUT2D eigenvalue weighted by atomic mass is 19.4. The topological polar surface area (TPSA) is 41.8 Å². The van der Waals surface area contributed by atoms with Crippen molar-refractivity contribution in [2.45, 2.75) is 18.0 Å². The summed E-state index contributed by atoms with van der Waals surface area (Å²) in [6.07, 6.45) is -12.4. The Morgan fingerprint density at radius 2 is 1.35 bits per heavy atom. The minimum Gasteiger partial charge on any atom is -0.397 e. The zero-order chi connectivity index (χ0) is 15.3. The molecule has 0 aliphatic carbocycles. The third-order valence-electron chi connectivity index (χ3n) is 2.87. The van der Waals surface area contributed by atoms with Gasteiger partial charge in [0, 0.05) is 10.9 Å². The number of anilines is 1. The number of halogens is 7. The van der Waals surface area contributed by atoms with Gasteiger partial charge in [-0.2, -0.15) is 26.3 Å². The van der Waals surface area contributed by atoms with Crippen LogP contribution in [0, 0.1) is 0 Å². The molecule has 9 heteroatoms. The second kappa shape index (κ2) is 4.03. The number of aromatic amines is 1. The van der Waals surface area contributed by atoms with Gasteiger partial charge in [-0.3, -0.25) is 0 Å². The van der Waals surface area contributed by atoms with Gasteiger partial charge in [-0.1, -0.05) is 18.2 Å². The molecular formula is C11H7F7N2. The van der Waals surface area contributed by atoms with E-state index in [-0.39, 0.29) is 10.9 Å². The lowest BCUT2D eigenvalue weighted by atomic mass is 9.99. The first kappa shape index (κ1) is 14.5. The summed E-state index contributed by atoms with van der Waals surface area (Å²) < 4.78 is 89.6. The Kier molecular flexibility index (Phi) is 2.92. The summed E-state index contributed by atoms with van der Waals surface area (Å²) >= 11 is 0. The molecule has 0 bridgehead atoms. The number of benzene rings is 1. The van der Waals surface area contributed by atoms with Crippen LogP contribution >= 0.6 is 0 Å². The number of hydrogen-bond acceptors (Lipinski definition) is 1. The Morgan fingerprint density at radius 1 is 0.850 bits per heavy atom. The summed E-state index contributed by atoms with van der Waals surface area (Å²) in [6, 6.07) is 5.11. The summed E-state index contributed by atoms with van der Waals surface area (Å²) in [5.74, 6) is 0. The minimum absolute atomic E-state index is 0.113. The van der Waals surface area contributed by atoms with Crippen molar-refractivity contribution < 1.29 is 30.7 Å².